The second-order valence-electron chi connectivity index (χ2n) is 7.48. The van der Waals surface area contributed by atoms with Crippen LogP contribution in [0.15, 0.2) is 18.2 Å². The van der Waals surface area contributed by atoms with Crippen molar-refractivity contribution in [2.75, 3.05) is 19.7 Å². The molecule has 1 aromatic rings. The van der Waals surface area contributed by atoms with Crippen LogP contribution in [0.5, 0.6) is 11.5 Å². The van der Waals surface area contributed by atoms with Gasteiger partial charge in [0.1, 0.15) is 23.7 Å². The highest BCUT2D eigenvalue weighted by molar-refractivity contribution is 6.00. The molecule has 4 nitrogen and oxygen atoms in total. The number of carbonyl (C=O) groups excluding carboxylic acids is 1. The molecule has 1 aliphatic carbocycles. The first-order chi connectivity index (χ1) is 10.5. The lowest BCUT2D eigenvalue weighted by molar-refractivity contribution is 0.0618. The molecule has 4 heteroatoms. The van der Waals surface area contributed by atoms with Crippen LogP contribution in [0.1, 0.15) is 43.5 Å². The molecule has 0 N–H and O–H groups in total. The average molecular weight is 301 g/mol. The largest absolute Gasteiger partial charge is 0.492 e. The lowest BCUT2D eigenvalue weighted by atomic mass is 9.93. The van der Waals surface area contributed by atoms with E-state index in [0.717, 1.165) is 18.2 Å². The van der Waals surface area contributed by atoms with Crippen LogP contribution >= 0.6 is 0 Å². The Morgan fingerprint density at radius 3 is 2.95 bits per heavy atom. The second-order valence-corrected chi connectivity index (χ2v) is 7.48. The van der Waals surface area contributed by atoms with E-state index in [1.54, 1.807) is 0 Å². The highest BCUT2D eigenvalue weighted by Gasteiger charge is 2.38. The minimum atomic E-state index is -0.413. The van der Waals surface area contributed by atoms with Crippen LogP contribution in [-0.4, -0.2) is 42.0 Å². The molecule has 2 heterocycles. The highest BCUT2D eigenvalue weighted by Crippen LogP contribution is 2.36. The molecule has 2 aliphatic heterocycles. The van der Waals surface area contributed by atoms with Gasteiger partial charge in [-0.2, -0.15) is 0 Å². The maximum atomic E-state index is 12.2. The van der Waals surface area contributed by atoms with Gasteiger partial charge in [-0.3, -0.25) is 9.69 Å². The summed E-state index contributed by atoms with van der Waals surface area (Å²) < 4.78 is 11.7. The van der Waals surface area contributed by atoms with Crippen LogP contribution in [-0.2, 0) is 0 Å². The van der Waals surface area contributed by atoms with Gasteiger partial charge >= 0.3 is 0 Å². The Kier molecular flexibility index (Phi) is 3.19. The van der Waals surface area contributed by atoms with E-state index in [-0.39, 0.29) is 5.78 Å². The van der Waals surface area contributed by atoms with E-state index in [1.807, 2.05) is 32.0 Å². The SMILES string of the molecule is CC1(C)CC(=O)c2cc(OCC3CN3CC3CC3)ccc2O1. The number of Topliss-reactive ketones (excluding diaryl/α,β-unsaturated/α-hetero) is 1. The fraction of sp³-hybridized carbons (Fsp3) is 0.611. The Hall–Kier alpha value is -1.55. The molecule has 0 radical (unpaired) electrons. The highest BCUT2D eigenvalue weighted by atomic mass is 16.5. The summed E-state index contributed by atoms with van der Waals surface area (Å²) >= 11 is 0. The van der Waals surface area contributed by atoms with Gasteiger partial charge in [0.25, 0.3) is 0 Å². The third-order valence-electron chi connectivity index (χ3n) is 4.68. The molecular formula is C18H23NO3. The predicted octanol–water partition coefficient (Wildman–Crippen LogP) is 2.90. The van der Waals surface area contributed by atoms with Crippen molar-refractivity contribution in [1.82, 2.24) is 4.90 Å². The maximum Gasteiger partial charge on any atom is 0.170 e. The zero-order valence-electron chi connectivity index (χ0n) is 13.3. The fourth-order valence-electron chi connectivity index (χ4n) is 3.15. The molecule has 0 aromatic heterocycles. The summed E-state index contributed by atoms with van der Waals surface area (Å²) in [6.07, 6.45) is 3.21. The molecule has 3 aliphatic rings. The Morgan fingerprint density at radius 1 is 1.36 bits per heavy atom. The first-order valence-electron chi connectivity index (χ1n) is 8.23. The average Bonchev–Trinajstić information content (AvgIpc) is 3.35. The van der Waals surface area contributed by atoms with Gasteiger partial charge in [-0.05, 0) is 50.8 Å². The number of nitrogens with zero attached hydrogens (tertiary/aromatic N) is 1. The third kappa shape index (κ3) is 2.98. The molecule has 0 amide bonds. The zero-order valence-corrected chi connectivity index (χ0v) is 13.3. The monoisotopic (exact) mass is 301 g/mol. The molecule has 1 saturated carbocycles. The van der Waals surface area contributed by atoms with Gasteiger partial charge in [0.05, 0.1) is 18.0 Å². The van der Waals surface area contributed by atoms with E-state index in [2.05, 4.69) is 4.90 Å². The molecule has 4 rings (SSSR count). The summed E-state index contributed by atoms with van der Waals surface area (Å²) in [6.45, 7) is 6.99. The molecule has 118 valence electrons. The van der Waals surface area contributed by atoms with Crippen molar-refractivity contribution in [3.8, 4) is 11.5 Å². The number of hydrogen-bond acceptors (Lipinski definition) is 4. The molecule has 0 spiro atoms. The van der Waals surface area contributed by atoms with Crippen molar-refractivity contribution >= 4 is 5.78 Å². The standard InChI is InChI=1S/C18H23NO3/c1-18(2)8-16(20)15-7-14(5-6-17(15)22-18)21-11-13-10-19(13)9-12-3-4-12/h5-7,12-13H,3-4,8-11H2,1-2H3. The van der Waals surface area contributed by atoms with Gasteiger partial charge in [-0.1, -0.05) is 0 Å². The van der Waals surface area contributed by atoms with Gasteiger partial charge in [-0.15, -0.1) is 0 Å². The number of fused-ring (bicyclic) bond motifs is 1. The van der Waals surface area contributed by atoms with Gasteiger partial charge in [-0.25, -0.2) is 0 Å². The van der Waals surface area contributed by atoms with Crippen LogP contribution in [0.2, 0.25) is 0 Å². The van der Waals surface area contributed by atoms with E-state index in [4.69, 9.17) is 9.47 Å². The number of hydrogen-bond donors (Lipinski definition) is 0. The van der Waals surface area contributed by atoms with Crippen molar-refractivity contribution in [3.05, 3.63) is 23.8 Å². The molecule has 1 saturated heterocycles. The molecule has 0 bridgehead atoms. The van der Waals surface area contributed by atoms with Crippen molar-refractivity contribution in [3.63, 3.8) is 0 Å². The normalized spacial score (nSPS) is 28.7. The molecule has 22 heavy (non-hydrogen) atoms. The molecular weight excluding hydrogens is 278 g/mol. The lowest BCUT2D eigenvalue weighted by Crippen LogP contribution is -2.35. The quantitative estimate of drug-likeness (QED) is 0.784. The second kappa shape index (κ2) is 4.98. The summed E-state index contributed by atoms with van der Waals surface area (Å²) in [5.41, 5.74) is 0.242. The Labute approximate surface area is 131 Å². The van der Waals surface area contributed by atoms with Crippen LogP contribution in [0.25, 0.3) is 0 Å². The molecule has 2 atom stereocenters. The number of ether oxygens (including phenoxy) is 2. The third-order valence-corrected chi connectivity index (χ3v) is 4.68. The van der Waals surface area contributed by atoms with E-state index in [0.29, 0.717) is 30.4 Å². The predicted molar refractivity (Wildman–Crippen MR) is 83.7 cm³/mol. The van der Waals surface area contributed by atoms with E-state index in [9.17, 15) is 4.79 Å². The number of carbonyl (C=O) groups is 1. The lowest BCUT2D eigenvalue weighted by Gasteiger charge is -2.31. The Balaban J connectivity index is 1.37. The summed E-state index contributed by atoms with van der Waals surface area (Å²) in [5.74, 6) is 2.52. The van der Waals surface area contributed by atoms with E-state index < -0.39 is 5.60 Å². The van der Waals surface area contributed by atoms with Crippen molar-refractivity contribution in [2.24, 2.45) is 5.92 Å². The van der Waals surface area contributed by atoms with Crippen LogP contribution < -0.4 is 9.47 Å². The number of benzene rings is 1. The van der Waals surface area contributed by atoms with Crippen LogP contribution in [0.3, 0.4) is 0 Å². The molecule has 2 fully saturated rings. The van der Waals surface area contributed by atoms with Gasteiger partial charge in [0, 0.05) is 13.1 Å². The molecule has 2 unspecified atom stereocenters. The van der Waals surface area contributed by atoms with Gasteiger partial charge in [0.2, 0.25) is 0 Å². The summed E-state index contributed by atoms with van der Waals surface area (Å²) in [5, 5.41) is 0. The van der Waals surface area contributed by atoms with Gasteiger partial charge in [0.15, 0.2) is 5.78 Å². The van der Waals surface area contributed by atoms with E-state index >= 15 is 0 Å². The first-order valence-corrected chi connectivity index (χ1v) is 8.23. The topological polar surface area (TPSA) is 38.5 Å². The first kappa shape index (κ1) is 14.1. The summed E-state index contributed by atoms with van der Waals surface area (Å²) in [7, 11) is 0. The summed E-state index contributed by atoms with van der Waals surface area (Å²) in [6, 6.07) is 6.16. The Morgan fingerprint density at radius 2 is 2.18 bits per heavy atom. The number of rotatable bonds is 5. The minimum absolute atomic E-state index is 0.137. The minimum Gasteiger partial charge on any atom is -0.492 e. The van der Waals surface area contributed by atoms with Crippen LogP contribution in [0.4, 0.5) is 0 Å². The van der Waals surface area contributed by atoms with Gasteiger partial charge < -0.3 is 9.47 Å². The molecule has 1 aromatic carbocycles. The summed E-state index contributed by atoms with van der Waals surface area (Å²) in [4.78, 5) is 14.7. The fourth-order valence-corrected chi connectivity index (χ4v) is 3.15. The smallest absolute Gasteiger partial charge is 0.170 e. The maximum absolute atomic E-state index is 12.2. The van der Waals surface area contributed by atoms with Crippen molar-refractivity contribution < 1.29 is 14.3 Å². The van der Waals surface area contributed by atoms with Crippen LogP contribution in [0, 0.1) is 5.92 Å². The Bertz CT molecular complexity index is 606. The van der Waals surface area contributed by atoms with E-state index in [1.165, 1.54) is 19.4 Å². The van der Waals surface area contributed by atoms with Crippen molar-refractivity contribution in [1.29, 1.82) is 0 Å². The number of ketones is 1. The zero-order chi connectivity index (χ0) is 15.3. The van der Waals surface area contributed by atoms with Crippen molar-refractivity contribution in [2.45, 2.75) is 44.8 Å².